The number of aromatic nitrogens is 2. The first kappa shape index (κ1) is 18.7. The quantitative estimate of drug-likeness (QED) is 0.735. The van der Waals surface area contributed by atoms with Gasteiger partial charge in [0.2, 0.25) is 5.91 Å². The zero-order valence-corrected chi connectivity index (χ0v) is 16.4. The van der Waals surface area contributed by atoms with E-state index in [-0.39, 0.29) is 5.91 Å². The number of hydrogen-bond acceptors (Lipinski definition) is 3. The second-order valence-electron chi connectivity index (χ2n) is 6.11. The van der Waals surface area contributed by atoms with Crippen molar-refractivity contribution < 1.29 is 4.79 Å². The highest BCUT2D eigenvalue weighted by Crippen LogP contribution is 2.19. The predicted octanol–water partition coefficient (Wildman–Crippen LogP) is 3.21. The average Bonchev–Trinajstić information content (AvgIpc) is 2.82. The Hall–Kier alpha value is -1.66. The molecule has 1 amide bonds. The highest BCUT2D eigenvalue weighted by Gasteiger charge is 2.12. The molecule has 2 rings (SSSR count). The Balaban J connectivity index is 1.94. The van der Waals surface area contributed by atoms with Gasteiger partial charge in [0, 0.05) is 42.8 Å². The molecule has 0 fully saturated rings. The predicted molar refractivity (Wildman–Crippen MR) is 100 cm³/mol. The number of halogens is 1. The summed E-state index contributed by atoms with van der Waals surface area (Å²) in [5.41, 5.74) is 4.46. The maximum absolute atomic E-state index is 11.5. The van der Waals surface area contributed by atoms with Gasteiger partial charge in [-0.1, -0.05) is 15.9 Å². The molecule has 0 unspecified atom stereocenters. The number of rotatable bonds is 7. The van der Waals surface area contributed by atoms with Crippen LogP contribution >= 0.6 is 15.9 Å². The molecule has 2 aromatic rings. The number of carbonyl (C=O) groups excluding carboxylic acids is 1. The minimum atomic E-state index is 0.173. The SMILES string of the molecule is Cc1nn(-c2ccc(Br)cc2)c(C)c1CNCCCC(=O)N(C)C. The fourth-order valence-electron chi connectivity index (χ4n) is 2.57. The maximum atomic E-state index is 11.5. The first-order valence-electron chi connectivity index (χ1n) is 8.12. The van der Waals surface area contributed by atoms with Crippen LogP contribution in [0.1, 0.15) is 29.8 Å². The van der Waals surface area contributed by atoms with E-state index in [1.807, 2.05) is 35.9 Å². The van der Waals surface area contributed by atoms with Gasteiger partial charge in [0.15, 0.2) is 0 Å². The standard InChI is InChI=1S/C18H25BrN4O/c1-13-17(12-20-11-5-6-18(24)22(3)4)14(2)23(21-13)16-9-7-15(19)8-10-16/h7-10,20H,5-6,11-12H2,1-4H3. The molecule has 5 nitrogen and oxygen atoms in total. The molecule has 1 aromatic heterocycles. The third-order valence-electron chi connectivity index (χ3n) is 4.06. The normalized spacial score (nSPS) is 10.9. The Morgan fingerprint density at radius 2 is 1.92 bits per heavy atom. The van der Waals surface area contributed by atoms with Crippen molar-refractivity contribution in [3.63, 3.8) is 0 Å². The molecule has 6 heteroatoms. The smallest absolute Gasteiger partial charge is 0.222 e. The summed E-state index contributed by atoms with van der Waals surface area (Å²) >= 11 is 3.46. The van der Waals surface area contributed by atoms with E-state index in [9.17, 15) is 4.79 Å². The Labute approximate surface area is 152 Å². The van der Waals surface area contributed by atoms with Crippen LogP contribution in [-0.2, 0) is 11.3 Å². The van der Waals surface area contributed by atoms with Crippen molar-refractivity contribution in [1.82, 2.24) is 20.0 Å². The maximum Gasteiger partial charge on any atom is 0.222 e. The van der Waals surface area contributed by atoms with Gasteiger partial charge in [0.1, 0.15) is 0 Å². The van der Waals surface area contributed by atoms with Crippen LogP contribution in [0.5, 0.6) is 0 Å². The van der Waals surface area contributed by atoms with Crippen molar-refractivity contribution in [2.24, 2.45) is 0 Å². The lowest BCUT2D eigenvalue weighted by molar-refractivity contribution is -0.128. The van der Waals surface area contributed by atoms with Crippen LogP contribution in [-0.4, -0.2) is 41.2 Å². The molecule has 130 valence electrons. The number of nitrogens with zero attached hydrogens (tertiary/aromatic N) is 3. The monoisotopic (exact) mass is 392 g/mol. The zero-order chi connectivity index (χ0) is 17.7. The van der Waals surface area contributed by atoms with Crippen molar-refractivity contribution in [2.75, 3.05) is 20.6 Å². The van der Waals surface area contributed by atoms with Gasteiger partial charge < -0.3 is 10.2 Å². The molecular formula is C18H25BrN4O. The summed E-state index contributed by atoms with van der Waals surface area (Å²) in [6.07, 6.45) is 1.42. The molecule has 1 aromatic carbocycles. The molecule has 1 N–H and O–H groups in total. The lowest BCUT2D eigenvalue weighted by atomic mass is 10.2. The van der Waals surface area contributed by atoms with Crippen LogP contribution in [0, 0.1) is 13.8 Å². The van der Waals surface area contributed by atoms with Crippen LogP contribution in [0.2, 0.25) is 0 Å². The van der Waals surface area contributed by atoms with E-state index in [1.165, 1.54) is 5.56 Å². The molecule has 24 heavy (non-hydrogen) atoms. The van der Waals surface area contributed by atoms with E-state index in [2.05, 4.69) is 33.3 Å². The van der Waals surface area contributed by atoms with Crippen molar-refractivity contribution in [1.29, 1.82) is 0 Å². The number of aryl methyl sites for hydroxylation is 1. The number of benzene rings is 1. The van der Waals surface area contributed by atoms with E-state index in [0.29, 0.717) is 6.42 Å². The van der Waals surface area contributed by atoms with Gasteiger partial charge in [-0.25, -0.2) is 4.68 Å². The Bertz CT molecular complexity index is 692. The lowest BCUT2D eigenvalue weighted by Gasteiger charge is -2.10. The van der Waals surface area contributed by atoms with E-state index in [1.54, 1.807) is 19.0 Å². The third kappa shape index (κ3) is 4.68. The second-order valence-corrected chi connectivity index (χ2v) is 7.02. The van der Waals surface area contributed by atoms with E-state index in [0.717, 1.165) is 41.1 Å². The zero-order valence-electron chi connectivity index (χ0n) is 14.8. The number of hydrogen-bond donors (Lipinski definition) is 1. The Morgan fingerprint density at radius 1 is 1.25 bits per heavy atom. The van der Waals surface area contributed by atoms with Gasteiger partial charge in [-0.15, -0.1) is 0 Å². The number of nitrogens with one attached hydrogen (secondary N) is 1. The summed E-state index contributed by atoms with van der Waals surface area (Å²) in [7, 11) is 3.58. The molecule has 0 saturated carbocycles. The van der Waals surface area contributed by atoms with Crippen molar-refractivity contribution in [3.05, 3.63) is 45.7 Å². The number of carbonyl (C=O) groups is 1. The van der Waals surface area contributed by atoms with E-state index < -0.39 is 0 Å². The number of amides is 1. The van der Waals surface area contributed by atoms with Crippen LogP contribution in [0.25, 0.3) is 5.69 Å². The van der Waals surface area contributed by atoms with Gasteiger partial charge in [-0.2, -0.15) is 5.10 Å². The summed E-state index contributed by atoms with van der Waals surface area (Å²) in [6, 6.07) is 8.14. The molecule has 0 bridgehead atoms. The van der Waals surface area contributed by atoms with Gasteiger partial charge >= 0.3 is 0 Å². The van der Waals surface area contributed by atoms with Crippen LogP contribution < -0.4 is 5.32 Å². The summed E-state index contributed by atoms with van der Waals surface area (Å²) in [5, 5.41) is 8.08. The highest BCUT2D eigenvalue weighted by molar-refractivity contribution is 9.10. The van der Waals surface area contributed by atoms with Gasteiger partial charge in [-0.05, 0) is 51.1 Å². The fraction of sp³-hybridized carbons (Fsp3) is 0.444. The molecular weight excluding hydrogens is 368 g/mol. The van der Waals surface area contributed by atoms with Crippen LogP contribution in [0.3, 0.4) is 0 Å². The molecule has 0 aliphatic heterocycles. The molecule has 0 aliphatic rings. The molecule has 1 heterocycles. The summed E-state index contributed by atoms with van der Waals surface area (Å²) in [6.45, 7) is 5.72. The molecule has 0 atom stereocenters. The minimum absolute atomic E-state index is 0.173. The van der Waals surface area contributed by atoms with E-state index >= 15 is 0 Å². The lowest BCUT2D eigenvalue weighted by Crippen LogP contribution is -2.23. The Morgan fingerprint density at radius 3 is 2.54 bits per heavy atom. The van der Waals surface area contributed by atoms with Crippen LogP contribution in [0.15, 0.2) is 28.7 Å². The van der Waals surface area contributed by atoms with Crippen LogP contribution in [0.4, 0.5) is 0 Å². The third-order valence-corrected chi connectivity index (χ3v) is 4.59. The van der Waals surface area contributed by atoms with Gasteiger partial charge in [0.05, 0.1) is 11.4 Å². The van der Waals surface area contributed by atoms with Crippen molar-refractivity contribution in [2.45, 2.75) is 33.2 Å². The molecule has 0 saturated heterocycles. The van der Waals surface area contributed by atoms with Crippen molar-refractivity contribution in [3.8, 4) is 5.69 Å². The molecule has 0 aliphatic carbocycles. The minimum Gasteiger partial charge on any atom is -0.349 e. The first-order chi connectivity index (χ1) is 11.4. The topological polar surface area (TPSA) is 50.2 Å². The summed E-state index contributed by atoms with van der Waals surface area (Å²) < 4.78 is 3.04. The largest absolute Gasteiger partial charge is 0.349 e. The first-order valence-corrected chi connectivity index (χ1v) is 8.91. The molecule has 0 spiro atoms. The fourth-order valence-corrected chi connectivity index (χ4v) is 2.83. The van der Waals surface area contributed by atoms with Gasteiger partial charge in [0.25, 0.3) is 0 Å². The Kier molecular flexibility index (Phi) is 6.57. The highest BCUT2D eigenvalue weighted by atomic mass is 79.9. The van der Waals surface area contributed by atoms with Crippen molar-refractivity contribution >= 4 is 21.8 Å². The average molecular weight is 393 g/mol. The molecule has 0 radical (unpaired) electrons. The van der Waals surface area contributed by atoms with E-state index in [4.69, 9.17) is 0 Å². The summed E-state index contributed by atoms with van der Waals surface area (Å²) in [5.74, 6) is 0.173. The summed E-state index contributed by atoms with van der Waals surface area (Å²) in [4.78, 5) is 13.2. The van der Waals surface area contributed by atoms with Gasteiger partial charge in [-0.3, -0.25) is 4.79 Å². The second kappa shape index (κ2) is 8.44.